The van der Waals surface area contributed by atoms with Gasteiger partial charge in [0.1, 0.15) is 0 Å². The van der Waals surface area contributed by atoms with Crippen LogP contribution in [0.4, 0.5) is 0 Å². The average Bonchev–Trinajstić information content (AvgIpc) is 2.38. The van der Waals surface area contributed by atoms with E-state index < -0.39 is 0 Å². The normalized spacial score (nSPS) is 11.1. The summed E-state index contributed by atoms with van der Waals surface area (Å²) in [6, 6.07) is 10.4. The van der Waals surface area contributed by atoms with Crippen LogP contribution in [-0.4, -0.2) is 24.9 Å². The van der Waals surface area contributed by atoms with Crippen LogP contribution in [0.3, 0.4) is 0 Å². The Kier molecular flexibility index (Phi) is 6.49. The molecule has 0 heterocycles. The topological polar surface area (TPSA) is 20.3 Å². The van der Waals surface area contributed by atoms with Gasteiger partial charge in [-0.2, -0.15) is 0 Å². The minimum Gasteiger partial charge on any atom is -0.345 e. The van der Waals surface area contributed by atoms with Crippen LogP contribution < -0.4 is 0 Å². The molecule has 1 aromatic carbocycles. The van der Waals surface area contributed by atoms with Gasteiger partial charge in [0, 0.05) is 13.6 Å². The lowest BCUT2D eigenvalue weighted by molar-refractivity contribution is -0.116. The molecule has 0 bridgehead atoms. The highest BCUT2D eigenvalue weighted by Gasteiger charge is 1.87. The zero-order valence-electron chi connectivity index (χ0n) is 10.3. The number of benzene rings is 1. The Morgan fingerprint density at radius 3 is 2.53 bits per heavy atom. The Balaban J connectivity index is 2.16. The van der Waals surface area contributed by atoms with Crippen molar-refractivity contribution in [1.29, 1.82) is 0 Å². The molecule has 0 aromatic heterocycles. The number of nitrogens with zero attached hydrogens (tertiary/aromatic N) is 1. The minimum absolute atomic E-state index is 0.659. The average molecular weight is 229 g/mol. The van der Waals surface area contributed by atoms with E-state index in [0.717, 1.165) is 19.3 Å². The van der Waals surface area contributed by atoms with Crippen LogP contribution in [0.15, 0.2) is 54.6 Å². The van der Waals surface area contributed by atoms with Crippen molar-refractivity contribution in [1.82, 2.24) is 4.90 Å². The SMILES string of the molecule is CN(C=O)CC=CC=CCCc1ccccc1. The molecule has 2 heteroatoms. The maximum atomic E-state index is 10.3. The Morgan fingerprint density at radius 1 is 1.12 bits per heavy atom. The number of allylic oxidation sites excluding steroid dienone is 3. The fraction of sp³-hybridized carbons (Fsp3) is 0.267. The molecule has 0 fully saturated rings. The monoisotopic (exact) mass is 229 g/mol. The maximum Gasteiger partial charge on any atom is 0.209 e. The predicted octanol–water partition coefficient (Wildman–Crippen LogP) is 2.82. The Morgan fingerprint density at radius 2 is 1.82 bits per heavy atom. The summed E-state index contributed by atoms with van der Waals surface area (Å²) in [5.41, 5.74) is 1.36. The van der Waals surface area contributed by atoms with E-state index >= 15 is 0 Å². The first-order valence-corrected chi connectivity index (χ1v) is 5.84. The van der Waals surface area contributed by atoms with Gasteiger partial charge in [-0.15, -0.1) is 0 Å². The Labute approximate surface area is 103 Å². The van der Waals surface area contributed by atoms with Crippen molar-refractivity contribution in [3.05, 3.63) is 60.2 Å². The summed E-state index contributed by atoms with van der Waals surface area (Å²) in [5, 5.41) is 0. The van der Waals surface area contributed by atoms with Crippen LogP contribution in [0.25, 0.3) is 0 Å². The van der Waals surface area contributed by atoms with Gasteiger partial charge in [0.25, 0.3) is 0 Å². The number of hydrogen-bond acceptors (Lipinski definition) is 1. The van der Waals surface area contributed by atoms with Crippen molar-refractivity contribution < 1.29 is 4.79 Å². The smallest absolute Gasteiger partial charge is 0.209 e. The number of likely N-dealkylation sites (N-methyl/N-ethyl adjacent to an activating group) is 1. The molecular formula is C15H19NO. The van der Waals surface area contributed by atoms with E-state index in [1.165, 1.54) is 5.56 Å². The highest BCUT2D eigenvalue weighted by Crippen LogP contribution is 2.02. The van der Waals surface area contributed by atoms with Crippen molar-refractivity contribution >= 4 is 6.41 Å². The third-order valence-electron chi connectivity index (χ3n) is 2.40. The number of hydrogen-bond donors (Lipinski definition) is 0. The van der Waals surface area contributed by atoms with Crippen molar-refractivity contribution in [2.45, 2.75) is 12.8 Å². The molecule has 1 aromatic rings. The lowest BCUT2D eigenvalue weighted by Crippen LogP contribution is -2.14. The second-order valence-corrected chi connectivity index (χ2v) is 3.93. The van der Waals surface area contributed by atoms with Crippen molar-refractivity contribution in [2.24, 2.45) is 0 Å². The third-order valence-corrected chi connectivity index (χ3v) is 2.40. The molecule has 0 saturated heterocycles. The molecular weight excluding hydrogens is 210 g/mol. The van der Waals surface area contributed by atoms with Gasteiger partial charge in [-0.05, 0) is 18.4 Å². The number of rotatable bonds is 7. The largest absolute Gasteiger partial charge is 0.345 e. The molecule has 1 rings (SSSR count). The first-order chi connectivity index (χ1) is 8.33. The first-order valence-electron chi connectivity index (χ1n) is 5.84. The summed E-state index contributed by atoms with van der Waals surface area (Å²) in [6.07, 6.45) is 11.0. The highest BCUT2D eigenvalue weighted by molar-refractivity contribution is 5.46. The van der Waals surface area contributed by atoms with Crippen LogP contribution in [-0.2, 0) is 11.2 Å². The zero-order valence-corrected chi connectivity index (χ0v) is 10.3. The number of aryl methyl sites for hydroxylation is 1. The number of carbonyl (C=O) groups excluding carboxylic acids is 1. The molecule has 0 saturated carbocycles. The van der Waals surface area contributed by atoms with Crippen LogP contribution in [0.2, 0.25) is 0 Å². The van der Waals surface area contributed by atoms with Gasteiger partial charge < -0.3 is 4.90 Å². The fourth-order valence-corrected chi connectivity index (χ4v) is 1.42. The summed E-state index contributed by atoms with van der Waals surface area (Å²) < 4.78 is 0. The summed E-state index contributed by atoms with van der Waals surface area (Å²) in [4.78, 5) is 11.9. The van der Waals surface area contributed by atoms with Crippen molar-refractivity contribution in [2.75, 3.05) is 13.6 Å². The van der Waals surface area contributed by atoms with E-state index in [4.69, 9.17) is 0 Å². The van der Waals surface area contributed by atoms with Gasteiger partial charge in [-0.1, -0.05) is 54.6 Å². The van der Waals surface area contributed by atoms with Crippen LogP contribution >= 0.6 is 0 Å². The van der Waals surface area contributed by atoms with Gasteiger partial charge >= 0.3 is 0 Å². The molecule has 0 radical (unpaired) electrons. The van der Waals surface area contributed by atoms with Crippen molar-refractivity contribution in [3.8, 4) is 0 Å². The summed E-state index contributed by atoms with van der Waals surface area (Å²) in [7, 11) is 1.76. The minimum atomic E-state index is 0.659. The van der Waals surface area contributed by atoms with E-state index in [2.05, 4.69) is 30.3 Å². The third kappa shape index (κ3) is 6.36. The quantitative estimate of drug-likeness (QED) is 0.520. The summed E-state index contributed by atoms with van der Waals surface area (Å²) >= 11 is 0. The van der Waals surface area contributed by atoms with E-state index in [0.29, 0.717) is 6.54 Å². The molecule has 0 atom stereocenters. The van der Waals surface area contributed by atoms with Crippen LogP contribution in [0.5, 0.6) is 0 Å². The van der Waals surface area contributed by atoms with Gasteiger partial charge in [-0.25, -0.2) is 0 Å². The number of amides is 1. The Bertz CT molecular complexity index is 368. The second kappa shape index (κ2) is 8.34. The standard InChI is InChI=1S/C15H19NO/c1-16(14-17)13-9-4-2-3-6-10-15-11-7-5-8-12-15/h2-5,7-9,11-12,14H,6,10,13H2,1H3. The van der Waals surface area contributed by atoms with E-state index in [1.807, 2.05) is 24.3 Å². The first kappa shape index (κ1) is 13.2. The van der Waals surface area contributed by atoms with Gasteiger partial charge in [0.05, 0.1) is 0 Å². The molecule has 0 unspecified atom stereocenters. The predicted molar refractivity (Wildman–Crippen MR) is 71.7 cm³/mol. The molecule has 17 heavy (non-hydrogen) atoms. The molecule has 90 valence electrons. The van der Waals surface area contributed by atoms with Crippen LogP contribution in [0, 0.1) is 0 Å². The lowest BCUT2D eigenvalue weighted by Gasteiger charge is -2.04. The van der Waals surface area contributed by atoms with E-state index in [9.17, 15) is 4.79 Å². The molecule has 0 aliphatic rings. The van der Waals surface area contributed by atoms with Gasteiger partial charge in [0.15, 0.2) is 0 Å². The maximum absolute atomic E-state index is 10.3. The molecule has 0 spiro atoms. The Hall–Kier alpha value is -1.83. The lowest BCUT2D eigenvalue weighted by atomic mass is 10.1. The van der Waals surface area contributed by atoms with Crippen LogP contribution in [0.1, 0.15) is 12.0 Å². The van der Waals surface area contributed by atoms with Gasteiger partial charge in [-0.3, -0.25) is 4.79 Å². The molecule has 2 nitrogen and oxygen atoms in total. The zero-order chi connectivity index (χ0) is 12.3. The fourth-order valence-electron chi connectivity index (χ4n) is 1.42. The molecule has 1 amide bonds. The highest BCUT2D eigenvalue weighted by atomic mass is 16.1. The molecule has 0 aliphatic heterocycles. The summed E-state index contributed by atoms with van der Waals surface area (Å²) in [5.74, 6) is 0. The van der Waals surface area contributed by atoms with E-state index in [-0.39, 0.29) is 0 Å². The number of carbonyl (C=O) groups is 1. The van der Waals surface area contributed by atoms with E-state index in [1.54, 1.807) is 11.9 Å². The summed E-state index contributed by atoms with van der Waals surface area (Å²) in [6.45, 7) is 0.659. The molecule has 0 N–H and O–H groups in total. The van der Waals surface area contributed by atoms with Gasteiger partial charge in [0.2, 0.25) is 6.41 Å². The van der Waals surface area contributed by atoms with Crippen molar-refractivity contribution in [3.63, 3.8) is 0 Å². The molecule has 0 aliphatic carbocycles. The second-order valence-electron chi connectivity index (χ2n) is 3.93.